The Morgan fingerprint density at radius 2 is 1.81 bits per heavy atom. The lowest BCUT2D eigenvalue weighted by Gasteiger charge is -2.10. The van der Waals surface area contributed by atoms with Crippen LogP contribution < -0.4 is 5.32 Å². The zero-order chi connectivity index (χ0) is 15.5. The molecule has 0 unspecified atom stereocenters. The molecule has 0 spiro atoms. The molecule has 0 saturated carbocycles. The van der Waals surface area contributed by atoms with Crippen molar-refractivity contribution in [2.45, 2.75) is 18.2 Å². The van der Waals surface area contributed by atoms with Crippen molar-refractivity contribution in [2.24, 2.45) is 0 Å². The molecule has 0 aliphatic heterocycles. The lowest BCUT2D eigenvalue weighted by molar-refractivity contribution is 0.102. The van der Waals surface area contributed by atoms with Gasteiger partial charge in [0.1, 0.15) is 0 Å². The number of hydrogen-bond donors (Lipinski definition) is 1. The summed E-state index contributed by atoms with van der Waals surface area (Å²) in [4.78, 5) is 12.4. The van der Waals surface area contributed by atoms with Crippen LogP contribution in [0.5, 0.6) is 0 Å². The Hall–Kier alpha value is -2.14. The molecule has 2 aromatic rings. The topological polar surface area (TPSA) is 63.2 Å². The maximum atomic E-state index is 12.3. The van der Waals surface area contributed by atoms with E-state index in [0.29, 0.717) is 5.56 Å². The summed E-state index contributed by atoms with van der Waals surface area (Å²) >= 11 is 0. The molecule has 2 aromatic carbocycles. The second kappa shape index (κ2) is 6.10. The van der Waals surface area contributed by atoms with Crippen LogP contribution in [-0.4, -0.2) is 20.6 Å². The quantitative estimate of drug-likeness (QED) is 0.944. The Morgan fingerprint density at radius 3 is 2.48 bits per heavy atom. The molecule has 0 atom stereocenters. The van der Waals surface area contributed by atoms with Crippen molar-refractivity contribution >= 4 is 21.4 Å². The summed E-state index contributed by atoms with van der Waals surface area (Å²) in [6, 6.07) is 13.6. The fourth-order valence-electron chi connectivity index (χ4n) is 2.01. The third-order valence-corrected chi connectivity index (χ3v) is 4.28. The van der Waals surface area contributed by atoms with Crippen LogP contribution in [0.1, 0.15) is 22.8 Å². The lowest BCUT2D eigenvalue weighted by atomic mass is 10.1. The maximum absolute atomic E-state index is 12.3. The van der Waals surface area contributed by atoms with Crippen molar-refractivity contribution in [3.8, 4) is 0 Å². The summed E-state index contributed by atoms with van der Waals surface area (Å²) in [5.74, 6) is -0.318. The van der Waals surface area contributed by atoms with E-state index < -0.39 is 9.84 Å². The minimum absolute atomic E-state index is 0.138. The number of hydrogen-bond acceptors (Lipinski definition) is 3. The third-order valence-electron chi connectivity index (χ3n) is 3.17. The van der Waals surface area contributed by atoms with Crippen LogP contribution in [0.25, 0.3) is 0 Å². The van der Waals surface area contributed by atoms with Gasteiger partial charge in [-0.2, -0.15) is 0 Å². The molecule has 4 nitrogen and oxygen atoms in total. The van der Waals surface area contributed by atoms with Gasteiger partial charge in [-0.3, -0.25) is 4.79 Å². The first-order valence-corrected chi connectivity index (χ1v) is 8.50. The fraction of sp³-hybridized carbons (Fsp3) is 0.188. The number of aryl methyl sites for hydroxylation is 1. The molecule has 0 aliphatic rings. The van der Waals surface area contributed by atoms with Crippen LogP contribution in [-0.2, 0) is 16.3 Å². The van der Waals surface area contributed by atoms with Gasteiger partial charge in [-0.15, -0.1) is 0 Å². The molecule has 0 heterocycles. The fourth-order valence-corrected chi connectivity index (χ4v) is 2.68. The number of carbonyl (C=O) groups is 1. The molecule has 0 fully saturated rings. The number of benzene rings is 2. The van der Waals surface area contributed by atoms with Gasteiger partial charge in [-0.05, 0) is 36.2 Å². The summed E-state index contributed by atoms with van der Waals surface area (Å²) < 4.78 is 23.1. The van der Waals surface area contributed by atoms with E-state index >= 15 is 0 Å². The first-order chi connectivity index (χ1) is 9.91. The molecule has 0 aliphatic carbocycles. The van der Waals surface area contributed by atoms with Crippen LogP contribution in [0.15, 0.2) is 53.4 Å². The van der Waals surface area contributed by atoms with E-state index in [1.807, 2.05) is 31.2 Å². The second-order valence-corrected chi connectivity index (χ2v) is 6.78. The number of amides is 1. The van der Waals surface area contributed by atoms with Crippen molar-refractivity contribution in [2.75, 3.05) is 11.6 Å². The number of anilines is 1. The van der Waals surface area contributed by atoms with Crippen molar-refractivity contribution in [3.05, 3.63) is 59.7 Å². The number of rotatable bonds is 4. The Balaban J connectivity index is 2.29. The highest BCUT2D eigenvalue weighted by Gasteiger charge is 2.12. The zero-order valence-electron chi connectivity index (χ0n) is 12.0. The SMILES string of the molecule is CCc1ccccc1NC(=O)c1cccc(S(C)(=O)=O)c1. The minimum atomic E-state index is -3.32. The van der Waals surface area contributed by atoms with E-state index in [0.717, 1.165) is 23.9 Å². The van der Waals surface area contributed by atoms with Crippen LogP contribution in [0.4, 0.5) is 5.69 Å². The van der Waals surface area contributed by atoms with Gasteiger partial charge in [0.2, 0.25) is 0 Å². The van der Waals surface area contributed by atoms with E-state index in [2.05, 4.69) is 5.32 Å². The molecule has 0 bridgehead atoms. The monoisotopic (exact) mass is 303 g/mol. The summed E-state index contributed by atoms with van der Waals surface area (Å²) in [6.07, 6.45) is 1.93. The van der Waals surface area contributed by atoms with Crippen molar-refractivity contribution < 1.29 is 13.2 Å². The second-order valence-electron chi connectivity index (χ2n) is 4.76. The molecule has 1 N–H and O–H groups in total. The average molecular weight is 303 g/mol. The lowest BCUT2D eigenvalue weighted by Crippen LogP contribution is -2.13. The van der Waals surface area contributed by atoms with Gasteiger partial charge in [0.05, 0.1) is 4.90 Å². The average Bonchev–Trinajstić information content (AvgIpc) is 2.47. The Bertz CT molecular complexity index is 767. The predicted octanol–water partition coefficient (Wildman–Crippen LogP) is 2.90. The standard InChI is InChI=1S/C16H17NO3S/c1-3-12-7-4-5-10-15(12)17-16(18)13-8-6-9-14(11-13)21(2,19)20/h4-11H,3H2,1-2H3,(H,17,18). The molecule has 2 rings (SSSR count). The Labute approximate surface area is 124 Å². The minimum Gasteiger partial charge on any atom is -0.322 e. The highest BCUT2D eigenvalue weighted by Crippen LogP contribution is 2.18. The van der Waals surface area contributed by atoms with E-state index in [9.17, 15) is 13.2 Å². The number of para-hydroxylation sites is 1. The first kappa shape index (κ1) is 15.3. The van der Waals surface area contributed by atoms with Crippen LogP contribution >= 0.6 is 0 Å². The predicted molar refractivity (Wildman–Crippen MR) is 83.3 cm³/mol. The van der Waals surface area contributed by atoms with Crippen molar-refractivity contribution in [1.82, 2.24) is 0 Å². The molecule has 21 heavy (non-hydrogen) atoms. The van der Waals surface area contributed by atoms with E-state index in [-0.39, 0.29) is 10.8 Å². The van der Waals surface area contributed by atoms with Gasteiger partial charge in [-0.25, -0.2) is 8.42 Å². The van der Waals surface area contributed by atoms with Gasteiger partial charge in [-0.1, -0.05) is 31.2 Å². The molecule has 0 aromatic heterocycles. The molecular formula is C16H17NO3S. The molecule has 110 valence electrons. The molecule has 0 radical (unpaired) electrons. The van der Waals surface area contributed by atoms with Crippen LogP contribution in [0.3, 0.4) is 0 Å². The molecule has 5 heteroatoms. The zero-order valence-corrected chi connectivity index (χ0v) is 12.8. The van der Waals surface area contributed by atoms with Crippen molar-refractivity contribution in [1.29, 1.82) is 0 Å². The summed E-state index contributed by atoms with van der Waals surface area (Å²) in [5.41, 5.74) is 2.10. The maximum Gasteiger partial charge on any atom is 0.255 e. The Morgan fingerprint density at radius 1 is 1.10 bits per heavy atom. The van der Waals surface area contributed by atoms with Gasteiger partial charge >= 0.3 is 0 Å². The largest absolute Gasteiger partial charge is 0.322 e. The Kier molecular flexibility index (Phi) is 4.43. The van der Waals surface area contributed by atoms with Crippen LogP contribution in [0.2, 0.25) is 0 Å². The molecule has 0 saturated heterocycles. The van der Waals surface area contributed by atoms with Gasteiger partial charge in [0, 0.05) is 17.5 Å². The third kappa shape index (κ3) is 3.70. The van der Waals surface area contributed by atoms with E-state index in [1.165, 1.54) is 12.1 Å². The van der Waals surface area contributed by atoms with Gasteiger partial charge < -0.3 is 5.32 Å². The van der Waals surface area contributed by atoms with Gasteiger partial charge in [0.15, 0.2) is 9.84 Å². The summed E-state index contributed by atoms with van der Waals surface area (Å²) in [6.45, 7) is 2.01. The molecule has 1 amide bonds. The highest BCUT2D eigenvalue weighted by molar-refractivity contribution is 7.90. The smallest absolute Gasteiger partial charge is 0.255 e. The summed E-state index contributed by atoms with van der Waals surface area (Å²) in [5, 5.41) is 2.82. The van der Waals surface area contributed by atoms with E-state index in [4.69, 9.17) is 0 Å². The first-order valence-electron chi connectivity index (χ1n) is 6.61. The highest BCUT2D eigenvalue weighted by atomic mass is 32.2. The number of sulfone groups is 1. The summed E-state index contributed by atoms with van der Waals surface area (Å²) in [7, 11) is -3.32. The van der Waals surface area contributed by atoms with Gasteiger partial charge in [0.25, 0.3) is 5.91 Å². The number of nitrogens with one attached hydrogen (secondary N) is 1. The van der Waals surface area contributed by atoms with Crippen molar-refractivity contribution in [3.63, 3.8) is 0 Å². The molecular weight excluding hydrogens is 286 g/mol. The number of carbonyl (C=O) groups excluding carboxylic acids is 1. The van der Waals surface area contributed by atoms with E-state index in [1.54, 1.807) is 12.1 Å². The van der Waals surface area contributed by atoms with Crippen LogP contribution in [0, 0.1) is 0 Å². The normalized spacial score (nSPS) is 11.1.